The van der Waals surface area contributed by atoms with Crippen molar-refractivity contribution in [2.75, 3.05) is 50.2 Å². The first-order chi connectivity index (χ1) is 25.1. The number of aryl methyl sites for hydroxylation is 2. The maximum absolute atomic E-state index is 12.8. The molecule has 52 heavy (non-hydrogen) atoms. The van der Waals surface area contributed by atoms with Crippen molar-refractivity contribution < 1.29 is 28.6 Å². The molecule has 0 spiro atoms. The summed E-state index contributed by atoms with van der Waals surface area (Å²) in [4.78, 5) is 59.8. The fraction of sp³-hybridized carbons (Fsp3) is 0.343. The van der Waals surface area contributed by atoms with Crippen molar-refractivity contribution in [3.63, 3.8) is 0 Å². The average Bonchev–Trinajstić information content (AvgIpc) is 3.47. The zero-order valence-electron chi connectivity index (χ0n) is 28.6. The van der Waals surface area contributed by atoms with Crippen molar-refractivity contribution in [1.29, 1.82) is 0 Å². The molecule has 2 saturated heterocycles. The molecular weight excluding hydrogens is 694 g/mol. The second-order valence-electron chi connectivity index (χ2n) is 12.5. The Labute approximate surface area is 302 Å². The topological polar surface area (TPSA) is 184 Å². The van der Waals surface area contributed by atoms with Gasteiger partial charge in [-0.25, -0.2) is 4.98 Å². The molecule has 7 rings (SSSR count). The van der Waals surface area contributed by atoms with Crippen LogP contribution in [0.1, 0.15) is 24.5 Å². The minimum atomic E-state index is -0.486. The highest BCUT2D eigenvalue weighted by molar-refractivity contribution is 6.33. The molecule has 3 N–H and O–H groups in total. The van der Waals surface area contributed by atoms with E-state index in [1.54, 1.807) is 23.9 Å². The quantitative estimate of drug-likeness (QED) is 0.179. The third-order valence-electron chi connectivity index (χ3n) is 9.10. The van der Waals surface area contributed by atoms with Gasteiger partial charge in [0.2, 0.25) is 17.8 Å². The van der Waals surface area contributed by atoms with E-state index in [4.69, 9.17) is 30.8 Å². The van der Waals surface area contributed by atoms with Crippen molar-refractivity contribution >= 4 is 68.6 Å². The number of benzene rings is 2. The van der Waals surface area contributed by atoms with E-state index >= 15 is 0 Å². The number of carbonyl (C=O) groups excluding carboxylic acids is 3. The second kappa shape index (κ2) is 14.5. The number of ether oxygens (including phenoxy) is 3. The summed E-state index contributed by atoms with van der Waals surface area (Å²) < 4.78 is 20.8. The van der Waals surface area contributed by atoms with Gasteiger partial charge in [0.05, 0.1) is 42.0 Å². The first kappa shape index (κ1) is 34.7. The van der Waals surface area contributed by atoms with Crippen LogP contribution < -0.4 is 35.9 Å². The van der Waals surface area contributed by atoms with Crippen LogP contribution in [0.2, 0.25) is 5.02 Å². The van der Waals surface area contributed by atoms with Crippen molar-refractivity contribution in [2.45, 2.75) is 24.9 Å². The zero-order chi connectivity index (χ0) is 36.5. The molecule has 2 atom stereocenters. The number of nitrogens with one attached hydrogen (secondary N) is 3. The standard InChI is InChI=1S/C35H36ClN9O7/c1-37-30(47)18-52-28-13-19-12-20(4-8-26(19)43(2)34(28)49)39-32-25(36)15-38-35(41-32)45-10-11-50-22(16-45)17-51-21-5-6-23-27(14-21)44(3)42-31(23)24-7-9-29(46)40-33(24)48/h4-6,8,12-15,22,24H,7,9-11,16-18H2,1-3H3,(H,37,47)(H,38,39,41)(H,40,46,48). The number of rotatable bonds is 10. The summed E-state index contributed by atoms with van der Waals surface area (Å²) in [6.07, 6.45) is 1.96. The van der Waals surface area contributed by atoms with Gasteiger partial charge in [0.15, 0.2) is 18.2 Å². The molecule has 0 radical (unpaired) electrons. The fourth-order valence-electron chi connectivity index (χ4n) is 6.34. The molecule has 2 fully saturated rings. The molecule has 16 nitrogen and oxygen atoms in total. The largest absolute Gasteiger partial charge is 0.491 e. The molecule has 5 heterocycles. The Balaban J connectivity index is 1.02. The third kappa shape index (κ3) is 7.07. The number of imide groups is 1. The number of morpholine rings is 1. The van der Waals surface area contributed by atoms with E-state index in [0.29, 0.717) is 70.9 Å². The van der Waals surface area contributed by atoms with Crippen LogP contribution in [0.15, 0.2) is 53.5 Å². The van der Waals surface area contributed by atoms with Crippen LogP contribution in [0.5, 0.6) is 11.5 Å². The number of piperidine rings is 1. The molecule has 0 bridgehead atoms. The Morgan fingerprint density at radius 3 is 2.75 bits per heavy atom. The van der Waals surface area contributed by atoms with Gasteiger partial charge in [-0.15, -0.1) is 0 Å². The molecule has 0 aliphatic carbocycles. The summed E-state index contributed by atoms with van der Waals surface area (Å²) in [6, 6.07) is 12.6. The molecule has 270 valence electrons. The number of anilines is 3. The van der Waals surface area contributed by atoms with Crippen LogP contribution in [-0.4, -0.2) is 88.1 Å². The first-order valence-corrected chi connectivity index (χ1v) is 17.0. The van der Waals surface area contributed by atoms with Gasteiger partial charge in [-0.2, -0.15) is 10.1 Å². The highest BCUT2D eigenvalue weighted by Crippen LogP contribution is 2.32. The lowest BCUT2D eigenvalue weighted by atomic mass is 9.93. The predicted molar refractivity (Wildman–Crippen MR) is 192 cm³/mol. The molecule has 3 amide bonds. The lowest BCUT2D eigenvalue weighted by molar-refractivity contribution is -0.134. The van der Waals surface area contributed by atoms with Gasteiger partial charge in [0.25, 0.3) is 11.5 Å². The van der Waals surface area contributed by atoms with Crippen LogP contribution in [0.3, 0.4) is 0 Å². The molecule has 2 unspecified atom stereocenters. The Bertz CT molecular complexity index is 2270. The number of likely N-dealkylation sites (N-methyl/N-ethyl adjacent to an activating group) is 1. The van der Waals surface area contributed by atoms with Gasteiger partial charge < -0.3 is 34.3 Å². The van der Waals surface area contributed by atoms with Gasteiger partial charge in [0.1, 0.15) is 23.5 Å². The van der Waals surface area contributed by atoms with E-state index < -0.39 is 5.92 Å². The van der Waals surface area contributed by atoms with Crippen molar-refractivity contribution in [1.82, 2.24) is 34.9 Å². The lowest BCUT2D eigenvalue weighted by Gasteiger charge is -2.33. The molecule has 3 aromatic heterocycles. The summed E-state index contributed by atoms with van der Waals surface area (Å²) in [7, 11) is 4.94. The number of pyridine rings is 1. The summed E-state index contributed by atoms with van der Waals surface area (Å²) in [5, 5.41) is 14.6. The third-order valence-corrected chi connectivity index (χ3v) is 9.38. The number of amides is 3. The van der Waals surface area contributed by atoms with Gasteiger partial charge in [-0.3, -0.25) is 29.2 Å². The van der Waals surface area contributed by atoms with Crippen LogP contribution in [0, 0.1) is 0 Å². The number of carbonyl (C=O) groups is 3. The van der Waals surface area contributed by atoms with Gasteiger partial charge in [0, 0.05) is 56.6 Å². The van der Waals surface area contributed by atoms with Gasteiger partial charge in [-0.1, -0.05) is 11.6 Å². The van der Waals surface area contributed by atoms with E-state index in [0.717, 1.165) is 10.9 Å². The van der Waals surface area contributed by atoms with Crippen molar-refractivity contribution in [2.24, 2.45) is 14.1 Å². The molecule has 2 aliphatic heterocycles. The zero-order valence-corrected chi connectivity index (χ0v) is 29.4. The molecule has 17 heteroatoms. The van der Waals surface area contributed by atoms with E-state index in [1.807, 2.05) is 42.3 Å². The SMILES string of the molecule is CNC(=O)COc1cc2cc(Nc3nc(N4CCOC(COc5ccc6c(C7CCC(=O)NC7=O)nn(C)c6c5)C4)ncc3Cl)ccc2n(C)c1=O. The molecule has 0 saturated carbocycles. The minimum Gasteiger partial charge on any atom is -0.491 e. The lowest BCUT2D eigenvalue weighted by Crippen LogP contribution is -2.45. The minimum absolute atomic E-state index is 0.0559. The molecule has 2 aliphatic rings. The Kier molecular flexibility index (Phi) is 9.66. The number of aromatic nitrogens is 5. The summed E-state index contributed by atoms with van der Waals surface area (Å²) in [6.45, 7) is 1.46. The van der Waals surface area contributed by atoms with E-state index in [-0.39, 0.29) is 54.8 Å². The monoisotopic (exact) mass is 729 g/mol. The Morgan fingerprint density at radius 2 is 1.94 bits per heavy atom. The molecular formula is C35H36ClN9O7. The van der Waals surface area contributed by atoms with Crippen LogP contribution in [-0.2, 0) is 33.2 Å². The average molecular weight is 730 g/mol. The maximum atomic E-state index is 12.8. The summed E-state index contributed by atoms with van der Waals surface area (Å²) >= 11 is 6.52. The number of hydrogen-bond donors (Lipinski definition) is 3. The van der Waals surface area contributed by atoms with E-state index in [9.17, 15) is 19.2 Å². The normalized spacial score (nSPS) is 17.7. The molecule has 2 aromatic carbocycles. The van der Waals surface area contributed by atoms with Crippen LogP contribution in [0.4, 0.5) is 17.5 Å². The number of hydrogen-bond acceptors (Lipinski definition) is 12. The van der Waals surface area contributed by atoms with E-state index in [2.05, 4.69) is 26.0 Å². The highest BCUT2D eigenvalue weighted by Gasteiger charge is 2.32. The van der Waals surface area contributed by atoms with Gasteiger partial charge in [-0.05, 0) is 42.8 Å². The highest BCUT2D eigenvalue weighted by atomic mass is 35.5. The molecule has 5 aromatic rings. The Morgan fingerprint density at radius 1 is 1.10 bits per heavy atom. The van der Waals surface area contributed by atoms with E-state index in [1.165, 1.54) is 17.8 Å². The maximum Gasteiger partial charge on any atom is 0.293 e. The van der Waals surface area contributed by atoms with Crippen molar-refractivity contribution in [3.8, 4) is 11.5 Å². The number of nitrogens with zero attached hydrogens (tertiary/aromatic N) is 6. The van der Waals surface area contributed by atoms with Crippen LogP contribution in [0.25, 0.3) is 21.8 Å². The first-order valence-electron chi connectivity index (χ1n) is 16.6. The fourth-order valence-corrected chi connectivity index (χ4v) is 6.48. The second-order valence-corrected chi connectivity index (χ2v) is 12.9. The summed E-state index contributed by atoms with van der Waals surface area (Å²) in [5.74, 6) is 0.114. The summed E-state index contributed by atoms with van der Waals surface area (Å²) in [5.41, 5.74) is 2.44. The predicted octanol–water partition coefficient (Wildman–Crippen LogP) is 2.54. The van der Waals surface area contributed by atoms with Crippen LogP contribution >= 0.6 is 11.6 Å². The number of halogens is 1. The Hall–Kier alpha value is -5.74. The van der Waals surface area contributed by atoms with Gasteiger partial charge >= 0.3 is 0 Å². The smallest absolute Gasteiger partial charge is 0.293 e. The number of fused-ring (bicyclic) bond motifs is 2. The van der Waals surface area contributed by atoms with Crippen molar-refractivity contribution in [3.05, 3.63) is 69.7 Å².